The van der Waals surface area contributed by atoms with Crippen LogP contribution in [0.25, 0.3) is 0 Å². The molecule has 1 N–H and O–H groups in total. The second-order valence-electron chi connectivity index (χ2n) is 4.38. The summed E-state index contributed by atoms with van der Waals surface area (Å²) >= 11 is 0. The molecular weight excluding hydrogens is 254 g/mol. The molecule has 1 atom stereocenters. The first-order valence-electron chi connectivity index (χ1n) is 6.12. The van der Waals surface area contributed by atoms with Gasteiger partial charge in [-0.1, -0.05) is 30.3 Å². The lowest BCUT2D eigenvalue weighted by Crippen LogP contribution is -2.08. The van der Waals surface area contributed by atoms with E-state index in [1.165, 1.54) is 6.07 Å². The van der Waals surface area contributed by atoms with Gasteiger partial charge in [-0.25, -0.2) is 0 Å². The summed E-state index contributed by atoms with van der Waals surface area (Å²) in [6.45, 7) is 1.93. The molecule has 0 amide bonds. The van der Waals surface area contributed by atoms with E-state index in [0.717, 1.165) is 5.56 Å². The van der Waals surface area contributed by atoms with Crippen molar-refractivity contribution in [3.05, 3.63) is 69.8 Å². The Hall–Kier alpha value is -2.87. The van der Waals surface area contributed by atoms with Gasteiger partial charge in [0.25, 0.3) is 5.69 Å². The Labute approximate surface area is 116 Å². The zero-order chi connectivity index (χ0) is 14.5. The molecule has 0 aliphatic rings. The van der Waals surface area contributed by atoms with Crippen LogP contribution in [0.1, 0.15) is 24.1 Å². The van der Waals surface area contributed by atoms with E-state index in [1.807, 2.05) is 43.3 Å². The van der Waals surface area contributed by atoms with Crippen molar-refractivity contribution < 1.29 is 4.92 Å². The van der Waals surface area contributed by atoms with E-state index in [0.29, 0.717) is 5.69 Å². The molecule has 0 bridgehead atoms. The molecule has 5 nitrogen and oxygen atoms in total. The Morgan fingerprint density at radius 3 is 2.55 bits per heavy atom. The first-order valence-corrected chi connectivity index (χ1v) is 6.12. The average Bonchev–Trinajstić information content (AvgIpc) is 2.48. The number of nitriles is 1. The van der Waals surface area contributed by atoms with Crippen molar-refractivity contribution >= 4 is 11.4 Å². The van der Waals surface area contributed by atoms with Crippen LogP contribution in [0.3, 0.4) is 0 Å². The molecule has 0 aliphatic carbocycles. The maximum Gasteiger partial charge on any atom is 0.293 e. The van der Waals surface area contributed by atoms with Gasteiger partial charge < -0.3 is 5.32 Å². The molecule has 0 heterocycles. The number of hydrogen-bond acceptors (Lipinski definition) is 4. The van der Waals surface area contributed by atoms with Crippen LogP contribution in [0.5, 0.6) is 0 Å². The summed E-state index contributed by atoms with van der Waals surface area (Å²) in [6, 6.07) is 15.9. The smallest absolute Gasteiger partial charge is 0.293 e. The van der Waals surface area contributed by atoms with Crippen molar-refractivity contribution in [1.82, 2.24) is 0 Å². The van der Waals surface area contributed by atoms with Gasteiger partial charge in [0.15, 0.2) is 0 Å². The Balaban J connectivity index is 2.30. The highest BCUT2D eigenvalue weighted by Crippen LogP contribution is 2.28. The number of benzene rings is 2. The molecule has 0 aliphatic heterocycles. The van der Waals surface area contributed by atoms with E-state index < -0.39 is 4.92 Å². The lowest BCUT2D eigenvalue weighted by atomic mass is 10.1. The summed E-state index contributed by atoms with van der Waals surface area (Å²) < 4.78 is 0. The maximum atomic E-state index is 11.1. The minimum atomic E-state index is -0.485. The van der Waals surface area contributed by atoms with Crippen LogP contribution in [0.4, 0.5) is 11.4 Å². The molecule has 0 saturated carbocycles. The van der Waals surface area contributed by atoms with Crippen LogP contribution >= 0.6 is 0 Å². The van der Waals surface area contributed by atoms with Crippen LogP contribution in [0.2, 0.25) is 0 Å². The number of anilines is 1. The molecule has 100 valence electrons. The second kappa shape index (κ2) is 5.85. The van der Waals surface area contributed by atoms with E-state index in [1.54, 1.807) is 12.1 Å². The number of nitro benzene ring substituents is 1. The van der Waals surface area contributed by atoms with Crippen molar-refractivity contribution in [2.45, 2.75) is 13.0 Å². The minimum absolute atomic E-state index is 0.0668. The first kappa shape index (κ1) is 13.6. The van der Waals surface area contributed by atoms with Gasteiger partial charge in [0.2, 0.25) is 0 Å². The molecule has 20 heavy (non-hydrogen) atoms. The molecule has 5 heteroatoms. The summed E-state index contributed by atoms with van der Waals surface area (Å²) in [7, 11) is 0. The zero-order valence-electron chi connectivity index (χ0n) is 10.9. The SMILES string of the molecule is CC(Nc1ccc(C#N)cc1[N+](=O)[O-])c1ccccc1. The fourth-order valence-corrected chi connectivity index (χ4v) is 1.93. The van der Waals surface area contributed by atoms with Gasteiger partial charge in [0.05, 0.1) is 16.6 Å². The summed E-state index contributed by atoms with van der Waals surface area (Å²) in [6.07, 6.45) is 0. The number of hydrogen-bond donors (Lipinski definition) is 1. The highest BCUT2D eigenvalue weighted by molar-refractivity contribution is 5.64. The number of rotatable bonds is 4. The Kier molecular flexibility index (Phi) is 3.96. The monoisotopic (exact) mass is 267 g/mol. The largest absolute Gasteiger partial charge is 0.373 e. The number of nitrogens with zero attached hydrogens (tertiary/aromatic N) is 2. The highest BCUT2D eigenvalue weighted by Gasteiger charge is 2.16. The molecule has 2 aromatic carbocycles. The summed E-state index contributed by atoms with van der Waals surface area (Å²) in [4.78, 5) is 10.6. The van der Waals surface area contributed by atoms with Gasteiger partial charge in [0.1, 0.15) is 5.69 Å². The second-order valence-corrected chi connectivity index (χ2v) is 4.38. The molecule has 2 rings (SSSR count). The third kappa shape index (κ3) is 2.93. The average molecular weight is 267 g/mol. The molecule has 0 spiro atoms. The van der Waals surface area contributed by atoms with E-state index in [4.69, 9.17) is 5.26 Å². The van der Waals surface area contributed by atoms with Gasteiger partial charge >= 0.3 is 0 Å². The predicted molar refractivity (Wildman–Crippen MR) is 76.3 cm³/mol. The molecule has 0 fully saturated rings. The van der Waals surface area contributed by atoms with Gasteiger partial charge in [-0.05, 0) is 24.6 Å². The van der Waals surface area contributed by atoms with Crippen molar-refractivity contribution in [3.63, 3.8) is 0 Å². The van der Waals surface area contributed by atoms with Crippen molar-refractivity contribution in [2.24, 2.45) is 0 Å². The quantitative estimate of drug-likeness (QED) is 0.677. The third-order valence-corrected chi connectivity index (χ3v) is 3.00. The first-order chi connectivity index (χ1) is 9.61. The highest BCUT2D eigenvalue weighted by atomic mass is 16.6. The van der Waals surface area contributed by atoms with E-state index in [9.17, 15) is 10.1 Å². The van der Waals surface area contributed by atoms with Gasteiger partial charge in [-0.3, -0.25) is 10.1 Å². The molecule has 0 radical (unpaired) electrons. The van der Waals surface area contributed by atoms with E-state index in [-0.39, 0.29) is 17.3 Å². The number of nitrogens with one attached hydrogen (secondary N) is 1. The van der Waals surface area contributed by atoms with Crippen LogP contribution in [0.15, 0.2) is 48.5 Å². The molecule has 0 saturated heterocycles. The fourth-order valence-electron chi connectivity index (χ4n) is 1.93. The normalized spacial score (nSPS) is 11.4. The summed E-state index contributed by atoms with van der Waals surface area (Å²) in [5, 5.41) is 23.0. The lowest BCUT2D eigenvalue weighted by molar-refractivity contribution is -0.384. The Morgan fingerprint density at radius 2 is 1.95 bits per heavy atom. The molecule has 1 unspecified atom stereocenters. The Bertz CT molecular complexity index is 663. The predicted octanol–water partition coefficient (Wildman–Crippen LogP) is 3.64. The van der Waals surface area contributed by atoms with Crippen molar-refractivity contribution in [2.75, 3.05) is 5.32 Å². The summed E-state index contributed by atoms with van der Waals surface area (Å²) in [5.74, 6) is 0. The molecular formula is C15H13N3O2. The summed E-state index contributed by atoms with van der Waals surface area (Å²) in [5.41, 5.74) is 1.62. The number of nitro groups is 1. The van der Waals surface area contributed by atoms with Crippen LogP contribution in [-0.4, -0.2) is 4.92 Å². The lowest BCUT2D eigenvalue weighted by Gasteiger charge is -2.15. The van der Waals surface area contributed by atoms with Gasteiger partial charge in [-0.15, -0.1) is 0 Å². The Morgan fingerprint density at radius 1 is 1.25 bits per heavy atom. The molecule has 0 aromatic heterocycles. The van der Waals surface area contributed by atoms with Crippen LogP contribution < -0.4 is 5.32 Å². The van der Waals surface area contributed by atoms with Crippen LogP contribution in [0, 0.1) is 21.4 Å². The van der Waals surface area contributed by atoms with Gasteiger partial charge in [0, 0.05) is 12.1 Å². The van der Waals surface area contributed by atoms with E-state index >= 15 is 0 Å². The van der Waals surface area contributed by atoms with Crippen molar-refractivity contribution in [1.29, 1.82) is 5.26 Å². The topological polar surface area (TPSA) is 79.0 Å². The van der Waals surface area contributed by atoms with E-state index in [2.05, 4.69) is 5.32 Å². The fraction of sp³-hybridized carbons (Fsp3) is 0.133. The minimum Gasteiger partial charge on any atom is -0.373 e. The standard InChI is InChI=1S/C15H13N3O2/c1-11(13-5-3-2-4-6-13)17-14-8-7-12(10-16)9-15(14)18(19)20/h2-9,11,17H,1H3. The van der Waals surface area contributed by atoms with Crippen LogP contribution in [-0.2, 0) is 0 Å². The third-order valence-electron chi connectivity index (χ3n) is 3.00. The molecule has 2 aromatic rings. The maximum absolute atomic E-state index is 11.1. The van der Waals surface area contributed by atoms with Crippen molar-refractivity contribution in [3.8, 4) is 6.07 Å². The zero-order valence-corrected chi connectivity index (χ0v) is 10.9. The van der Waals surface area contributed by atoms with Gasteiger partial charge in [-0.2, -0.15) is 5.26 Å².